The highest BCUT2D eigenvalue weighted by Crippen LogP contribution is 2.26. The summed E-state index contributed by atoms with van der Waals surface area (Å²) < 4.78 is 0. The van der Waals surface area contributed by atoms with Crippen LogP contribution in [0.2, 0.25) is 0 Å². The standard InChI is InChI=1S/C11H20N2O3S/c1-7(10(14)15)12-11(16)13-8-3-5-9(17-2)6-4-8/h7-9H,3-6H2,1-2H3,(H,14,15)(H2,12,13,16)/t7-,8?,9?/m0/s1. The van der Waals surface area contributed by atoms with Crippen molar-refractivity contribution in [1.82, 2.24) is 10.6 Å². The van der Waals surface area contributed by atoms with Gasteiger partial charge in [0.2, 0.25) is 0 Å². The predicted molar refractivity (Wildman–Crippen MR) is 68.3 cm³/mol. The van der Waals surface area contributed by atoms with Crippen LogP contribution >= 0.6 is 11.8 Å². The van der Waals surface area contributed by atoms with E-state index >= 15 is 0 Å². The van der Waals surface area contributed by atoms with Gasteiger partial charge in [0.15, 0.2) is 0 Å². The summed E-state index contributed by atoms with van der Waals surface area (Å²) in [6, 6.07) is -1.05. The van der Waals surface area contributed by atoms with Crippen LogP contribution in [0.1, 0.15) is 32.6 Å². The third kappa shape index (κ3) is 4.85. The number of hydrogen-bond donors (Lipinski definition) is 3. The fourth-order valence-electron chi connectivity index (χ4n) is 1.93. The Bertz CT molecular complexity index is 278. The van der Waals surface area contributed by atoms with Crippen molar-refractivity contribution in [2.75, 3.05) is 6.26 Å². The third-order valence-electron chi connectivity index (χ3n) is 3.06. The lowest BCUT2D eigenvalue weighted by Crippen LogP contribution is -2.48. The zero-order valence-electron chi connectivity index (χ0n) is 10.2. The molecular weight excluding hydrogens is 240 g/mol. The number of amides is 2. The fourth-order valence-corrected chi connectivity index (χ4v) is 2.67. The average Bonchev–Trinajstić information content (AvgIpc) is 2.29. The lowest BCUT2D eigenvalue weighted by molar-refractivity contribution is -0.138. The molecule has 0 heterocycles. The molecule has 17 heavy (non-hydrogen) atoms. The Morgan fingerprint density at radius 1 is 1.29 bits per heavy atom. The minimum Gasteiger partial charge on any atom is -0.480 e. The van der Waals surface area contributed by atoms with Crippen LogP contribution in [-0.4, -0.2) is 40.7 Å². The molecule has 5 nitrogen and oxygen atoms in total. The van der Waals surface area contributed by atoms with Gasteiger partial charge in [0.05, 0.1) is 0 Å². The molecule has 1 fully saturated rings. The van der Waals surface area contributed by atoms with Crippen molar-refractivity contribution in [3.8, 4) is 0 Å². The molecule has 0 bridgehead atoms. The van der Waals surface area contributed by atoms with Gasteiger partial charge in [-0.1, -0.05) is 0 Å². The van der Waals surface area contributed by atoms with Crippen molar-refractivity contribution < 1.29 is 14.7 Å². The predicted octanol–water partition coefficient (Wildman–Crippen LogP) is 1.43. The Hall–Kier alpha value is -0.910. The maximum Gasteiger partial charge on any atom is 0.325 e. The van der Waals surface area contributed by atoms with E-state index in [4.69, 9.17) is 5.11 Å². The van der Waals surface area contributed by atoms with E-state index in [0.29, 0.717) is 5.25 Å². The number of carboxylic acid groups (broad SMARTS) is 1. The number of rotatable bonds is 4. The zero-order valence-corrected chi connectivity index (χ0v) is 11.0. The SMILES string of the molecule is CSC1CCC(NC(=O)N[C@@H](C)C(=O)O)CC1. The van der Waals surface area contributed by atoms with Crippen LogP contribution < -0.4 is 10.6 Å². The van der Waals surface area contributed by atoms with Crippen LogP contribution in [0.4, 0.5) is 4.79 Å². The number of aliphatic carboxylic acids is 1. The van der Waals surface area contributed by atoms with Gasteiger partial charge < -0.3 is 15.7 Å². The molecule has 1 atom stereocenters. The van der Waals surface area contributed by atoms with Crippen LogP contribution in [0.15, 0.2) is 0 Å². The van der Waals surface area contributed by atoms with Gasteiger partial charge in [-0.3, -0.25) is 4.79 Å². The third-order valence-corrected chi connectivity index (χ3v) is 4.20. The van der Waals surface area contributed by atoms with Crippen molar-refractivity contribution in [2.24, 2.45) is 0 Å². The van der Waals surface area contributed by atoms with Gasteiger partial charge >= 0.3 is 12.0 Å². The van der Waals surface area contributed by atoms with Gasteiger partial charge in [0.25, 0.3) is 0 Å². The first-order chi connectivity index (χ1) is 8.02. The first kappa shape index (κ1) is 14.2. The topological polar surface area (TPSA) is 78.4 Å². The van der Waals surface area contributed by atoms with E-state index in [-0.39, 0.29) is 12.1 Å². The first-order valence-electron chi connectivity index (χ1n) is 5.85. The number of urea groups is 1. The van der Waals surface area contributed by atoms with E-state index in [0.717, 1.165) is 25.7 Å². The smallest absolute Gasteiger partial charge is 0.325 e. The largest absolute Gasteiger partial charge is 0.480 e. The van der Waals surface area contributed by atoms with Crippen molar-refractivity contribution in [1.29, 1.82) is 0 Å². The molecular formula is C11H20N2O3S. The maximum atomic E-state index is 11.5. The molecule has 1 rings (SSSR count). The van der Waals surface area contributed by atoms with E-state index in [9.17, 15) is 9.59 Å². The number of carboxylic acids is 1. The zero-order chi connectivity index (χ0) is 12.8. The van der Waals surface area contributed by atoms with Crippen molar-refractivity contribution in [2.45, 2.75) is 49.9 Å². The van der Waals surface area contributed by atoms with Crippen LogP contribution in [0.5, 0.6) is 0 Å². The number of carbonyl (C=O) groups is 2. The highest BCUT2D eigenvalue weighted by Gasteiger charge is 2.22. The Morgan fingerprint density at radius 3 is 2.35 bits per heavy atom. The summed E-state index contributed by atoms with van der Waals surface area (Å²) in [5.74, 6) is -1.02. The molecule has 6 heteroatoms. The molecule has 98 valence electrons. The highest BCUT2D eigenvalue weighted by molar-refractivity contribution is 7.99. The second-order valence-electron chi connectivity index (χ2n) is 4.39. The normalized spacial score (nSPS) is 26.0. The number of thioether (sulfide) groups is 1. The number of carbonyl (C=O) groups excluding carboxylic acids is 1. The Labute approximate surface area is 106 Å². The summed E-state index contributed by atoms with van der Waals surface area (Å²) in [5, 5.41) is 14.6. The molecule has 0 unspecified atom stereocenters. The molecule has 1 aliphatic rings. The Morgan fingerprint density at radius 2 is 1.88 bits per heavy atom. The summed E-state index contributed by atoms with van der Waals surface area (Å²) >= 11 is 1.88. The average molecular weight is 260 g/mol. The second kappa shape index (κ2) is 6.74. The number of nitrogens with one attached hydrogen (secondary N) is 2. The van der Waals surface area contributed by atoms with E-state index in [1.165, 1.54) is 6.92 Å². The molecule has 1 saturated carbocycles. The molecule has 3 N–H and O–H groups in total. The van der Waals surface area contributed by atoms with Crippen molar-refractivity contribution >= 4 is 23.8 Å². The van der Waals surface area contributed by atoms with Crippen molar-refractivity contribution in [3.05, 3.63) is 0 Å². The molecule has 0 aliphatic heterocycles. The summed E-state index contributed by atoms with van der Waals surface area (Å²) in [5.41, 5.74) is 0. The van der Waals surface area contributed by atoms with Gasteiger partial charge in [-0.25, -0.2) is 4.79 Å². The highest BCUT2D eigenvalue weighted by atomic mass is 32.2. The lowest BCUT2D eigenvalue weighted by atomic mass is 9.95. The van der Waals surface area contributed by atoms with Gasteiger partial charge in [0, 0.05) is 11.3 Å². The molecule has 0 spiro atoms. The molecule has 0 radical (unpaired) electrons. The molecule has 0 saturated heterocycles. The van der Waals surface area contributed by atoms with Gasteiger partial charge in [-0.2, -0.15) is 11.8 Å². The summed E-state index contributed by atoms with van der Waals surface area (Å²) in [7, 11) is 0. The monoisotopic (exact) mass is 260 g/mol. The minimum absolute atomic E-state index is 0.180. The van der Waals surface area contributed by atoms with Gasteiger partial charge in [-0.15, -0.1) is 0 Å². The summed E-state index contributed by atoms with van der Waals surface area (Å²) in [4.78, 5) is 22.1. The maximum absolute atomic E-state index is 11.5. The summed E-state index contributed by atoms with van der Waals surface area (Å²) in [6.45, 7) is 1.45. The fraction of sp³-hybridized carbons (Fsp3) is 0.818. The lowest BCUT2D eigenvalue weighted by Gasteiger charge is -2.28. The molecule has 0 aromatic heterocycles. The van der Waals surface area contributed by atoms with Crippen LogP contribution in [-0.2, 0) is 4.79 Å². The van der Waals surface area contributed by atoms with Gasteiger partial charge in [-0.05, 0) is 38.9 Å². The van der Waals surface area contributed by atoms with Crippen LogP contribution in [0, 0.1) is 0 Å². The molecule has 1 aliphatic carbocycles. The van der Waals surface area contributed by atoms with E-state index < -0.39 is 12.0 Å². The Kier molecular flexibility index (Phi) is 5.61. The second-order valence-corrected chi connectivity index (χ2v) is 5.53. The molecule has 2 amide bonds. The van der Waals surface area contributed by atoms with Crippen LogP contribution in [0.25, 0.3) is 0 Å². The Balaban J connectivity index is 2.26. The van der Waals surface area contributed by atoms with E-state index in [1.54, 1.807) is 0 Å². The van der Waals surface area contributed by atoms with Crippen molar-refractivity contribution in [3.63, 3.8) is 0 Å². The van der Waals surface area contributed by atoms with E-state index in [1.807, 2.05) is 11.8 Å². The minimum atomic E-state index is -1.02. The van der Waals surface area contributed by atoms with Crippen LogP contribution in [0.3, 0.4) is 0 Å². The van der Waals surface area contributed by atoms with E-state index in [2.05, 4.69) is 16.9 Å². The number of hydrogen-bond acceptors (Lipinski definition) is 3. The quantitative estimate of drug-likeness (QED) is 0.714. The molecule has 0 aromatic rings. The summed E-state index contributed by atoms with van der Waals surface area (Å²) in [6.07, 6.45) is 6.28. The molecule has 0 aromatic carbocycles. The van der Waals surface area contributed by atoms with Gasteiger partial charge in [0.1, 0.15) is 6.04 Å². The first-order valence-corrected chi connectivity index (χ1v) is 7.14.